The van der Waals surface area contributed by atoms with Gasteiger partial charge in [-0.2, -0.15) is 0 Å². The van der Waals surface area contributed by atoms with Gasteiger partial charge in [0.2, 0.25) is 0 Å². The third-order valence-electron chi connectivity index (χ3n) is 1.02. The maximum absolute atomic E-state index is 3.49. The van der Waals surface area contributed by atoms with Gasteiger partial charge in [0.25, 0.3) is 0 Å². The molecular weight excluding hydrogens is 312 g/mol. The van der Waals surface area contributed by atoms with E-state index in [0.29, 0.717) is 4.83 Å². The van der Waals surface area contributed by atoms with Crippen molar-refractivity contribution in [2.24, 2.45) is 0 Å². The van der Waals surface area contributed by atoms with Crippen molar-refractivity contribution in [1.29, 1.82) is 0 Å². The van der Waals surface area contributed by atoms with Crippen molar-refractivity contribution < 1.29 is 0 Å². The summed E-state index contributed by atoms with van der Waals surface area (Å²) < 4.78 is 2.38. The van der Waals surface area contributed by atoms with Crippen LogP contribution in [0.25, 0.3) is 0 Å². The molecule has 1 atom stereocenters. The predicted molar refractivity (Wildman–Crippen MR) is 51.4 cm³/mol. The van der Waals surface area contributed by atoms with Crippen LogP contribution in [0.3, 0.4) is 0 Å². The van der Waals surface area contributed by atoms with Crippen LogP contribution in [-0.2, 0) is 0 Å². The molecule has 3 heteroatoms. The Kier molecular flexibility index (Phi) is 2.99. The molecule has 9 heavy (non-hydrogen) atoms. The molecule has 1 aliphatic rings. The van der Waals surface area contributed by atoms with Crippen LogP contribution in [0.5, 0.6) is 0 Å². The van der Waals surface area contributed by atoms with E-state index in [1.54, 1.807) is 0 Å². The minimum absolute atomic E-state index is 0.478. The lowest BCUT2D eigenvalue weighted by molar-refractivity contribution is 1.06. The van der Waals surface area contributed by atoms with Crippen molar-refractivity contribution in [2.75, 3.05) is 0 Å². The highest BCUT2D eigenvalue weighted by Gasteiger charge is 2.08. The van der Waals surface area contributed by atoms with Crippen LogP contribution >= 0.6 is 47.8 Å². The number of alkyl halides is 1. The summed E-state index contributed by atoms with van der Waals surface area (Å²) in [6, 6.07) is 0. The molecule has 0 aromatic heterocycles. The van der Waals surface area contributed by atoms with Gasteiger partial charge in [0.15, 0.2) is 0 Å². The molecule has 1 aliphatic carbocycles. The molecule has 0 saturated carbocycles. The van der Waals surface area contributed by atoms with E-state index in [4.69, 9.17) is 0 Å². The minimum atomic E-state index is 0.478. The molecule has 1 rings (SSSR count). The first kappa shape index (κ1) is 8.02. The SMILES string of the molecule is BrC1=CC(Br)CC(Br)=C1. The van der Waals surface area contributed by atoms with E-state index in [2.05, 4.69) is 59.9 Å². The number of rotatable bonds is 0. The smallest absolute Gasteiger partial charge is 0.0384 e. The molecule has 0 nitrogen and oxygen atoms in total. The third kappa shape index (κ3) is 2.56. The first-order chi connectivity index (χ1) is 4.18. The average Bonchev–Trinajstić information content (AvgIpc) is 1.59. The van der Waals surface area contributed by atoms with Gasteiger partial charge < -0.3 is 0 Å². The van der Waals surface area contributed by atoms with Crippen molar-refractivity contribution >= 4 is 47.8 Å². The van der Waals surface area contributed by atoms with E-state index < -0.39 is 0 Å². The van der Waals surface area contributed by atoms with Gasteiger partial charge in [-0.3, -0.25) is 0 Å². The molecule has 1 unspecified atom stereocenters. The second-order valence-corrected chi connectivity index (χ2v) is 4.97. The average molecular weight is 317 g/mol. The number of allylic oxidation sites excluding steroid dienone is 4. The summed E-state index contributed by atoms with van der Waals surface area (Å²) in [7, 11) is 0. The lowest BCUT2D eigenvalue weighted by atomic mass is 10.2. The number of hydrogen-bond acceptors (Lipinski definition) is 0. The summed E-state index contributed by atoms with van der Waals surface area (Å²) in [6.45, 7) is 0. The lowest BCUT2D eigenvalue weighted by Crippen LogP contribution is -1.96. The zero-order chi connectivity index (χ0) is 6.85. The van der Waals surface area contributed by atoms with Gasteiger partial charge in [0, 0.05) is 9.31 Å². The van der Waals surface area contributed by atoms with Crippen LogP contribution in [0.2, 0.25) is 0 Å². The second-order valence-electron chi connectivity index (χ2n) is 1.86. The summed E-state index contributed by atoms with van der Waals surface area (Å²) in [5, 5.41) is 0. The van der Waals surface area contributed by atoms with Gasteiger partial charge >= 0.3 is 0 Å². The van der Waals surface area contributed by atoms with Crippen molar-refractivity contribution in [1.82, 2.24) is 0 Å². The van der Waals surface area contributed by atoms with E-state index in [9.17, 15) is 0 Å². The van der Waals surface area contributed by atoms with E-state index in [1.165, 1.54) is 4.48 Å². The van der Waals surface area contributed by atoms with Crippen LogP contribution in [-0.4, -0.2) is 4.83 Å². The van der Waals surface area contributed by atoms with Gasteiger partial charge in [0.1, 0.15) is 0 Å². The van der Waals surface area contributed by atoms with Crippen LogP contribution in [0.4, 0.5) is 0 Å². The lowest BCUT2D eigenvalue weighted by Gasteiger charge is -2.09. The van der Waals surface area contributed by atoms with Crippen molar-refractivity contribution in [3.8, 4) is 0 Å². The standard InChI is InChI=1S/C6H5Br3/c7-4-1-5(8)3-6(9)2-4/h1-2,5H,3H2. The first-order valence-corrected chi connectivity index (χ1v) is 5.06. The molecule has 50 valence electrons. The monoisotopic (exact) mass is 314 g/mol. The summed E-state index contributed by atoms with van der Waals surface area (Å²) in [5.74, 6) is 0. The maximum Gasteiger partial charge on any atom is 0.0384 e. The van der Waals surface area contributed by atoms with Crippen molar-refractivity contribution in [3.63, 3.8) is 0 Å². The Morgan fingerprint density at radius 2 is 2.11 bits per heavy atom. The fourth-order valence-electron chi connectivity index (χ4n) is 0.675. The highest BCUT2D eigenvalue weighted by Crippen LogP contribution is 2.28. The van der Waals surface area contributed by atoms with Crippen molar-refractivity contribution in [2.45, 2.75) is 11.2 Å². The van der Waals surface area contributed by atoms with Gasteiger partial charge in [-0.05, 0) is 17.0 Å². The molecule has 0 bridgehead atoms. The van der Waals surface area contributed by atoms with Gasteiger partial charge in [0.05, 0.1) is 0 Å². The highest BCUT2D eigenvalue weighted by atomic mass is 79.9. The second kappa shape index (κ2) is 3.35. The van der Waals surface area contributed by atoms with Crippen molar-refractivity contribution in [3.05, 3.63) is 21.1 Å². The molecule has 0 aliphatic heterocycles. The predicted octanol–water partition coefficient (Wildman–Crippen LogP) is 3.71. The van der Waals surface area contributed by atoms with E-state index in [0.717, 1.165) is 10.9 Å². The summed E-state index contributed by atoms with van der Waals surface area (Å²) in [6.07, 6.45) is 5.25. The zero-order valence-electron chi connectivity index (χ0n) is 4.57. The van der Waals surface area contributed by atoms with Crippen LogP contribution in [0, 0.1) is 0 Å². The minimum Gasteiger partial charge on any atom is -0.0841 e. The Labute approximate surface area is 79.8 Å². The van der Waals surface area contributed by atoms with Gasteiger partial charge in [-0.1, -0.05) is 53.9 Å². The normalized spacial score (nSPS) is 27.2. The van der Waals surface area contributed by atoms with Gasteiger partial charge in [-0.15, -0.1) is 0 Å². The Hall–Kier alpha value is 0.920. The third-order valence-corrected chi connectivity index (χ3v) is 2.66. The fraction of sp³-hybridized carbons (Fsp3) is 0.333. The molecule has 0 saturated heterocycles. The quantitative estimate of drug-likeness (QED) is 0.598. The summed E-state index contributed by atoms with van der Waals surface area (Å²) in [5.41, 5.74) is 0. The fourth-order valence-corrected chi connectivity index (χ4v) is 3.60. The highest BCUT2D eigenvalue weighted by molar-refractivity contribution is 9.12. The molecule has 0 heterocycles. The Bertz CT molecular complexity index is 169. The Morgan fingerprint density at radius 3 is 2.56 bits per heavy atom. The maximum atomic E-state index is 3.49. The number of hydrogen-bond donors (Lipinski definition) is 0. The van der Waals surface area contributed by atoms with Crippen LogP contribution < -0.4 is 0 Å². The molecule has 0 radical (unpaired) electrons. The van der Waals surface area contributed by atoms with E-state index in [1.807, 2.05) is 0 Å². The Morgan fingerprint density at radius 1 is 1.44 bits per heavy atom. The zero-order valence-corrected chi connectivity index (χ0v) is 9.33. The van der Waals surface area contributed by atoms with E-state index in [-0.39, 0.29) is 0 Å². The number of halogens is 3. The molecule has 0 spiro atoms. The van der Waals surface area contributed by atoms with Crippen LogP contribution in [0.15, 0.2) is 21.1 Å². The van der Waals surface area contributed by atoms with E-state index >= 15 is 0 Å². The summed E-state index contributed by atoms with van der Waals surface area (Å²) >= 11 is 10.3. The molecular formula is C6H5Br3. The molecule has 0 fully saturated rings. The molecule has 0 aromatic rings. The Balaban J connectivity index is 2.74. The topological polar surface area (TPSA) is 0 Å². The summed E-state index contributed by atoms with van der Waals surface area (Å²) in [4.78, 5) is 0.478. The van der Waals surface area contributed by atoms with Gasteiger partial charge in [-0.25, -0.2) is 0 Å². The molecule has 0 N–H and O–H groups in total. The molecule has 0 amide bonds. The molecule has 0 aromatic carbocycles. The largest absolute Gasteiger partial charge is 0.0841 e. The van der Waals surface area contributed by atoms with Crippen LogP contribution in [0.1, 0.15) is 6.42 Å². The first-order valence-electron chi connectivity index (χ1n) is 2.56.